The fraction of sp³-hybridized carbons (Fsp3) is 0.308. The van der Waals surface area contributed by atoms with Crippen LogP contribution in [0.2, 0.25) is 0 Å². The number of amides is 1. The van der Waals surface area contributed by atoms with Crippen LogP contribution in [0.15, 0.2) is 54.6 Å². The number of hydrogen-bond donors (Lipinski definition) is 1. The lowest BCUT2D eigenvalue weighted by molar-refractivity contribution is 0.0783. The van der Waals surface area contributed by atoms with Crippen LogP contribution in [-0.4, -0.2) is 50.2 Å². The number of nitrogens with one attached hydrogen (secondary N) is 1. The molecule has 1 aromatic heterocycles. The first-order valence-corrected chi connectivity index (χ1v) is 10.9. The van der Waals surface area contributed by atoms with Crippen molar-refractivity contribution in [3.8, 4) is 17.2 Å². The van der Waals surface area contributed by atoms with E-state index in [1.807, 2.05) is 48.2 Å². The number of methoxy groups -OCH3 is 3. The second kappa shape index (κ2) is 9.81. The van der Waals surface area contributed by atoms with Crippen LogP contribution >= 0.6 is 0 Å². The standard InChI is InChI=1S/C26H29N3O4/c1-17-13-20(28-19-7-5-8-21(14-19)31-2)15-22(27-17)18-11-12-29(16-18)26(30)25-23(32-3)9-6-10-24(25)33-4/h5-10,13-15,18H,11-12,16H2,1-4H3,(H,27,28)/t18-/m0/s1. The van der Waals surface area contributed by atoms with Gasteiger partial charge in [-0.3, -0.25) is 9.78 Å². The number of aromatic nitrogens is 1. The molecule has 1 aliphatic rings. The zero-order valence-electron chi connectivity index (χ0n) is 19.4. The topological polar surface area (TPSA) is 72.9 Å². The number of pyridine rings is 1. The molecular formula is C26H29N3O4. The number of anilines is 2. The molecule has 2 aromatic carbocycles. The Kier molecular flexibility index (Phi) is 6.68. The van der Waals surface area contributed by atoms with E-state index in [9.17, 15) is 4.79 Å². The number of benzene rings is 2. The molecule has 0 bridgehead atoms. The SMILES string of the molecule is COc1cccc(Nc2cc(C)nc([C@H]3CCN(C(=O)c4c(OC)cccc4OC)C3)c2)c1. The van der Waals surface area contributed by atoms with Gasteiger partial charge in [-0.05, 0) is 49.7 Å². The maximum atomic E-state index is 13.3. The van der Waals surface area contributed by atoms with E-state index in [4.69, 9.17) is 19.2 Å². The van der Waals surface area contributed by atoms with Crippen LogP contribution < -0.4 is 19.5 Å². The highest BCUT2D eigenvalue weighted by Crippen LogP contribution is 2.34. The Labute approximate surface area is 194 Å². The van der Waals surface area contributed by atoms with Gasteiger partial charge in [-0.15, -0.1) is 0 Å². The average molecular weight is 448 g/mol. The van der Waals surface area contributed by atoms with Gasteiger partial charge in [0.05, 0.1) is 21.3 Å². The molecule has 172 valence electrons. The lowest BCUT2D eigenvalue weighted by atomic mass is 10.0. The summed E-state index contributed by atoms with van der Waals surface area (Å²) in [5, 5.41) is 3.44. The molecule has 1 saturated heterocycles. The van der Waals surface area contributed by atoms with Crippen LogP contribution in [0, 0.1) is 6.92 Å². The summed E-state index contributed by atoms with van der Waals surface area (Å²) < 4.78 is 16.2. The van der Waals surface area contributed by atoms with Gasteiger partial charge < -0.3 is 24.4 Å². The van der Waals surface area contributed by atoms with Crippen molar-refractivity contribution < 1.29 is 19.0 Å². The van der Waals surface area contributed by atoms with Crippen LogP contribution in [0.4, 0.5) is 11.4 Å². The van der Waals surface area contributed by atoms with Crippen molar-refractivity contribution in [3.63, 3.8) is 0 Å². The number of rotatable bonds is 7. The molecule has 0 radical (unpaired) electrons. The van der Waals surface area contributed by atoms with Crippen LogP contribution in [0.5, 0.6) is 17.2 Å². The Bertz CT molecular complexity index is 1130. The summed E-state index contributed by atoms with van der Waals surface area (Å²) in [6.07, 6.45) is 0.845. The number of carbonyl (C=O) groups excluding carboxylic acids is 1. The fourth-order valence-electron chi connectivity index (χ4n) is 4.25. The maximum absolute atomic E-state index is 13.3. The molecule has 3 aromatic rings. The molecule has 4 rings (SSSR count). The molecule has 0 aliphatic carbocycles. The number of carbonyl (C=O) groups is 1. The predicted molar refractivity (Wildman–Crippen MR) is 128 cm³/mol. The zero-order valence-corrected chi connectivity index (χ0v) is 19.4. The number of aryl methyl sites for hydroxylation is 1. The minimum absolute atomic E-state index is 0.0887. The van der Waals surface area contributed by atoms with Crippen LogP contribution in [0.1, 0.15) is 34.1 Å². The lowest BCUT2D eigenvalue weighted by Gasteiger charge is -2.20. The highest BCUT2D eigenvalue weighted by molar-refractivity contribution is 6.00. The predicted octanol–water partition coefficient (Wildman–Crippen LogP) is 4.79. The van der Waals surface area contributed by atoms with E-state index in [1.165, 1.54) is 0 Å². The number of likely N-dealkylation sites (tertiary alicyclic amines) is 1. The van der Waals surface area contributed by atoms with Gasteiger partial charge in [-0.25, -0.2) is 0 Å². The molecule has 0 unspecified atom stereocenters. The molecule has 7 nitrogen and oxygen atoms in total. The molecule has 33 heavy (non-hydrogen) atoms. The molecule has 1 atom stereocenters. The summed E-state index contributed by atoms with van der Waals surface area (Å²) in [5.74, 6) is 1.89. The number of nitrogens with zero attached hydrogens (tertiary/aromatic N) is 2. The third-order valence-electron chi connectivity index (χ3n) is 5.87. The Morgan fingerprint density at radius 2 is 1.70 bits per heavy atom. The smallest absolute Gasteiger partial charge is 0.261 e. The summed E-state index contributed by atoms with van der Waals surface area (Å²) in [6, 6.07) is 17.3. The minimum atomic E-state index is -0.0887. The second-order valence-electron chi connectivity index (χ2n) is 8.05. The van der Waals surface area contributed by atoms with Gasteiger partial charge in [-0.2, -0.15) is 0 Å². The Hall–Kier alpha value is -3.74. The van der Waals surface area contributed by atoms with Gasteiger partial charge in [0.15, 0.2) is 0 Å². The van der Waals surface area contributed by atoms with Gasteiger partial charge in [0.1, 0.15) is 22.8 Å². The monoisotopic (exact) mass is 447 g/mol. The Balaban J connectivity index is 1.53. The van der Waals surface area contributed by atoms with Gasteiger partial charge in [0.2, 0.25) is 0 Å². The summed E-state index contributed by atoms with van der Waals surface area (Å²) in [4.78, 5) is 20.0. The third-order valence-corrected chi connectivity index (χ3v) is 5.87. The van der Waals surface area contributed by atoms with Crippen molar-refractivity contribution in [1.82, 2.24) is 9.88 Å². The van der Waals surface area contributed by atoms with E-state index in [-0.39, 0.29) is 11.8 Å². The molecule has 1 aliphatic heterocycles. The van der Waals surface area contributed by atoms with Crippen LogP contribution in [0.3, 0.4) is 0 Å². The molecule has 1 amide bonds. The molecule has 1 N–H and O–H groups in total. The molecule has 7 heteroatoms. The minimum Gasteiger partial charge on any atom is -0.497 e. The Morgan fingerprint density at radius 1 is 0.970 bits per heavy atom. The molecule has 1 fully saturated rings. The summed E-state index contributed by atoms with van der Waals surface area (Å²) >= 11 is 0. The summed E-state index contributed by atoms with van der Waals surface area (Å²) in [7, 11) is 4.78. The highest BCUT2D eigenvalue weighted by atomic mass is 16.5. The van der Waals surface area contributed by atoms with Gasteiger partial charge in [-0.1, -0.05) is 12.1 Å². The zero-order chi connectivity index (χ0) is 23.4. The third kappa shape index (κ3) is 4.87. The second-order valence-corrected chi connectivity index (χ2v) is 8.05. The number of hydrogen-bond acceptors (Lipinski definition) is 6. The van der Waals surface area contributed by atoms with Crippen molar-refractivity contribution in [2.45, 2.75) is 19.3 Å². The highest BCUT2D eigenvalue weighted by Gasteiger charge is 2.32. The number of ether oxygens (including phenoxy) is 3. The van der Waals surface area contributed by atoms with Crippen LogP contribution in [0.25, 0.3) is 0 Å². The molecule has 0 saturated carbocycles. The van der Waals surface area contributed by atoms with E-state index < -0.39 is 0 Å². The fourth-order valence-corrected chi connectivity index (χ4v) is 4.25. The van der Waals surface area contributed by atoms with E-state index in [1.54, 1.807) is 33.5 Å². The van der Waals surface area contributed by atoms with Gasteiger partial charge >= 0.3 is 0 Å². The van der Waals surface area contributed by atoms with Crippen molar-refractivity contribution in [1.29, 1.82) is 0 Å². The van der Waals surface area contributed by atoms with E-state index in [0.717, 1.165) is 34.9 Å². The van der Waals surface area contributed by atoms with Gasteiger partial charge in [0, 0.05) is 47.8 Å². The first-order chi connectivity index (χ1) is 16.0. The maximum Gasteiger partial charge on any atom is 0.261 e. The van der Waals surface area contributed by atoms with Crippen molar-refractivity contribution >= 4 is 17.3 Å². The molecule has 0 spiro atoms. The van der Waals surface area contributed by atoms with Crippen molar-refractivity contribution in [3.05, 3.63) is 71.5 Å². The van der Waals surface area contributed by atoms with E-state index in [2.05, 4.69) is 11.4 Å². The van der Waals surface area contributed by atoms with E-state index >= 15 is 0 Å². The van der Waals surface area contributed by atoms with Crippen molar-refractivity contribution in [2.24, 2.45) is 0 Å². The Morgan fingerprint density at radius 3 is 2.39 bits per heavy atom. The van der Waals surface area contributed by atoms with E-state index in [0.29, 0.717) is 30.2 Å². The summed E-state index contributed by atoms with van der Waals surface area (Å²) in [5.41, 5.74) is 4.26. The average Bonchev–Trinajstić information content (AvgIpc) is 3.33. The normalized spacial score (nSPS) is 15.3. The molecular weight excluding hydrogens is 418 g/mol. The first-order valence-electron chi connectivity index (χ1n) is 10.9. The lowest BCUT2D eigenvalue weighted by Crippen LogP contribution is -2.29. The van der Waals surface area contributed by atoms with Crippen molar-refractivity contribution in [2.75, 3.05) is 39.7 Å². The largest absolute Gasteiger partial charge is 0.497 e. The van der Waals surface area contributed by atoms with Gasteiger partial charge in [0.25, 0.3) is 5.91 Å². The quantitative estimate of drug-likeness (QED) is 0.562. The first kappa shape index (κ1) is 22.5. The molecule has 2 heterocycles. The van der Waals surface area contributed by atoms with Crippen LogP contribution in [-0.2, 0) is 0 Å². The summed E-state index contributed by atoms with van der Waals surface area (Å²) in [6.45, 7) is 3.23.